The molecule has 1 atom stereocenters. The molecule has 2 aromatic carbocycles. The third kappa shape index (κ3) is 4.82. The summed E-state index contributed by atoms with van der Waals surface area (Å²) >= 11 is 0. The van der Waals surface area contributed by atoms with Crippen LogP contribution < -0.4 is 5.32 Å². The van der Waals surface area contributed by atoms with Crippen LogP contribution in [0.4, 0.5) is 0 Å². The Morgan fingerprint density at radius 2 is 1.62 bits per heavy atom. The van der Waals surface area contributed by atoms with E-state index in [1.807, 2.05) is 74.5 Å². The molecule has 1 unspecified atom stereocenters. The van der Waals surface area contributed by atoms with E-state index >= 15 is 0 Å². The van der Waals surface area contributed by atoms with Crippen LogP contribution in [-0.2, 0) is 20.9 Å². The van der Waals surface area contributed by atoms with Gasteiger partial charge in [0.25, 0.3) is 0 Å². The fourth-order valence-corrected chi connectivity index (χ4v) is 2.94. The first-order valence-corrected chi connectivity index (χ1v) is 8.92. The summed E-state index contributed by atoms with van der Waals surface area (Å²) in [5, 5.41) is 2.75. The SMILES string of the molecule is CC.CC1=C(C(=O)OCc2ccccc2)C(c2ccccc2)CC(=O)N1. The highest BCUT2D eigenvalue weighted by atomic mass is 16.5. The van der Waals surface area contributed by atoms with Crippen molar-refractivity contribution in [3.63, 3.8) is 0 Å². The Hall–Kier alpha value is -2.88. The van der Waals surface area contributed by atoms with E-state index < -0.39 is 0 Å². The second kappa shape index (κ2) is 9.56. The van der Waals surface area contributed by atoms with E-state index in [1.54, 1.807) is 6.92 Å². The van der Waals surface area contributed by atoms with Gasteiger partial charge >= 0.3 is 5.97 Å². The van der Waals surface area contributed by atoms with E-state index in [-0.39, 0.29) is 30.8 Å². The molecule has 4 nitrogen and oxygen atoms in total. The van der Waals surface area contributed by atoms with Crippen molar-refractivity contribution < 1.29 is 14.3 Å². The zero-order valence-electron chi connectivity index (χ0n) is 15.5. The molecule has 0 saturated heterocycles. The molecular weight excluding hydrogens is 326 g/mol. The molecule has 26 heavy (non-hydrogen) atoms. The molecule has 1 amide bonds. The van der Waals surface area contributed by atoms with Crippen molar-refractivity contribution in [2.24, 2.45) is 0 Å². The third-order valence-electron chi connectivity index (χ3n) is 4.10. The van der Waals surface area contributed by atoms with Crippen LogP contribution in [0.25, 0.3) is 0 Å². The van der Waals surface area contributed by atoms with Gasteiger partial charge in [-0.25, -0.2) is 4.79 Å². The Labute approximate surface area is 154 Å². The second-order valence-corrected chi connectivity index (χ2v) is 5.82. The van der Waals surface area contributed by atoms with Gasteiger partial charge in [-0.2, -0.15) is 0 Å². The number of carbonyl (C=O) groups excluding carboxylic acids is 2. The van der Waals surface area contributed by atoms with Crippen LogP contribution in [0.3, 0.4) is 0 Å². The Morgan fingerprint density at radius 3 is 2.23 bits per heavy atom. The fraction of sp³-hybridized carbons (Fsp3) is 0.273. The van der Waals surface area contributed by atoms with Crippen LogP contribution in [0.15, 0.2) is 71.9 Å². The van der Waals surface area contributed by atoms with Gasteiger partial charge in [-0.15, -0.1) is 0 Å². The predicted molar refractivity (Wildman–Crippen MR) is 102 cm³/mol. The first kappa shape index (κ1) is 19.4. The monoisotopic (exact) mass is 351 g/mol. The van der Waals surface area contributed by atoms with E-state index in [0.717, 1.165) is 11.1 Å². The third-order valence-corrected chi connectivity index (χ3v) is 4.10. The first-order chi connectivity index (χ1) is 12.6. The summed E-state index contributed by atoms with van der Waals surface area (Å²) < 4.78 is 5.48. The molecule has 1 aliphatic rings. The fourth-order valence-electron chi connectivity index (χ4n) is 2.94. The van der Waals surface area contributed by atoms with Gasteiger partial charge in [-0.05, 0) is 18.1 Å². The number of hydrogen-bond donors (Lipinski definition) is 1. The Balaban J connectivity index is 0.00000117. The van der Waals surface area contributed by atoms with E-state index in [1.165, 1.54) is 0 Å². The molecule has 2 aromatic rings. The highest BCUT2D eigenvalue weighted by molar-refractivity contribution is 5.95. The van der Waals surface area contributed by atoms with Crippen LogP contribution in [0.5, 0.6) is 0 Å². The van der Waals surface area contributed by atoms with Crippen LogP contribution >= 0.6 is 0 Å². The second-order valence-electron chi connectivity index (χ2n) is 5.82. The molecule has 136 valence electrons. The lowest BCUT2D eigenvalue weighted by molar-refractivity contribution is -0.141. The van der Waals surface area contributed by atoms with E-state index in [9.17, 15) is 9.59 Å². The maximum atomic E-state index is 12.6. The lowest BCUT2D eigenvalue weighted by Crippen LogP contribution is -2.34. The minimum absolute atomic E-state index is 0.0824. The lowest BCUT2D eigenvalue weighted by atomic mass is 9.84. The van der Waals surface area contributed by atoms with Crippen molar-refractivity contribution in [3.8, 4) is 0 Å². The van der Waals surface area contributed by atoms with Crippen molar-refractivity contribution in [1.82, 2.24) is 5.32 Å². The van der Waals surface area contributed by atoms with Gasteiger partial charge in [0, 0.05) is 18.0 Å². The molecule has 0 aliphatic carbocycles. The molecular formula is C22H25NO3. The summed E-state index contributed by atoms with van der Waals surface area (Å²) in [4.78, 5) is 24.5. The quantitative estimate of drug-likeness (QED) is 0.834. The largest absolute Gasteiger partial charge is 0.457 e. The normalized spacial score (nSPS) is 16.3. The van der Waals surface area contributed by atoms with E-state index in [0.29, 0.717) is 11.3 Å². The van der Waals surface area contributed by atoms with Crippen LogP contribution in [-0.4, -0.2) is 11.9 Å². The minimum Gasteiger partial charge on any atom is -0.457 e. The number of esters is 1. The minimum atomic E-state index is -0.384. The number of hydrogen-bond acceptors (Lipinski definition) is 3. The number of allylic oxidation sites excluding steroid dienone is 1. The molecule has 0 bridgehead atoms. The molecule has 0 aromatic heterocycles. The molecule has 0 spiro atoms. The van der Waals surface area contributed by atoms with Gasteiger partial charge in [0.05, 0.1) is 5.57 Å². The molecule has 4 heteroatoms. The van der Waals surface area contributed by atoms with Crippen LogP contribution in [0.2, 0.25) is 0 Å². The van der Waals surface area contributed by atoms with Gasteiger partial charge in [0.1, 0.15) is 6.61 Å². The van der Waals surface area contributed by atoms with Gasteiger partial charge in [-0.3, -0.25) is 4.79 Å². The van der Waals surface area contributed by atoms with Gasteiger partial charge in [-0.1, -0.05) is 74.5 Å². The smallest absolute Gasteiger partial charge is 0.336 e. The summed E-state index contributed by atoms with van der Waals surface area (Å²) in [5.74, 6) is -0.741. The molecule has 1 aliphatic heterocycles. The molecule has 0 radical (unpaired) electrons. The van der Waals surface area contributed by atoms with Crippen molar-refractivity contribution in [2.75, 3.05) is 0 Å². The number of ether oxygens (including phenoxy) is 1. The van der Waals surface area contributed by atoms with Gasteiger partial charge in [0.2, 0.25) is 5.91 Å². The Kier molecular flexibility index (Phi) is 7.15. The van der Waals surface area contributed by atoms with Gasteiger partial charge in [0.15, 0.2) is 0 Å². The summed E-state index contributed by atoms with van der Waals surface area (Å²) in [7, 11) is 0. The highest BCUT2D eigenvalue weighted by Crippen LogP contribution is 2.33. The number of benzene rings is 2. The van der Waals surface area contributed by atoms with Crippen molar-refractivity contribution in [2.45, 2.75) is 39.7 Å². The first-order valence-electron chi connectivity index (χ1n) is 8.92. The molecule has 0 fully saturated rings. The highest BCUT2D eigenvalue weighted by Gasteiger charge is 2.32. The molecule has 3 rings (SSSR count). The summed E-state index contributed by atoms with van der Waals surface area (Å²) in [6.07, 6.45) is 0.247. The number of amides is 1. The lowest BCUT2D eigenvalue weighted by Gasteiger charge is -2.26. The van der Waals surface area contributed by atoms with Crippen molar-refractivity contribution in [1.29, 1.82) is 0 Å². The molecule has 1 heterocycles. The predicted octanol–water partition coefficient (Wildman–Crippen LogP) is 4.33. The number of carbonyl (C=O) groups is 2. The van der Waals surface area contributed by atoms with E-state index in [4.69, 9.17) is 4.74 Å². The Morgan fingerprint density at radius 1 is 1.04 bits per heavy atom. The van der Waals surface area contributed by atoms with Crippen LogP contribution in [0.1, 0.15) is 44.2 Å². The van der Waals surface area contributed by atoms with Gasteiger partial charge < -0.3 is 10.1 Å². The molecule has 0 saturated carbocycles. The maximum Gasteiger partial charge on any atom is 0.336 e. The topological polar surface area (TPSA) is 55.4 Å². The van der Waals surface area contributed by atoms with Crippen LogP contribution in [0, 0.1) is 0 Å². The maximum absolute atomic E-state index is 12.6. The van der Waals surface area contributed by atoms with Crippen molar-refractivity contribution >= 4 is 11.9 Å². The standard InChI is InChI=1S/C20H19NO3.C2H6/c1-14-19(20(23)24-13-15-8-4-2-5-9-15)17(12-18(22)21-14)16-10-6-3-7-11-16;1-2/h2-11,17H,12-13H2,1H3,(H,21,22);1-2H3. The summed E-state index contributed by atoms with van der Waals surface area (Å²) in [5.41, 5.74) is 2.97. The summed E-state index contributed by atoms with van der Waals surface area (Å²) in [6, 6.07) is 19.1. The Bertz CT molecular complexity index is 766. The average molecular weight is 351 g/mol. The number of rotatable bonds is 4. The molecule has 1 N–H and O–H groups in total. The zero-order valence-corrected chi connectivity index (χ0v) is 15.5. The van der Waals surface area contributed by atoms with E-state index in [2.05, 4.69) is 5.32 Å². The average Bonchev–Trinajstić information content (AvgIpc) is 2.68. The zero-order chi connectivity index (χ0) is 18.9. The van der Waals surface area contributed by atoms with Crippen molar-refractivity contribution in [3.05, 3.63) is 83.1 Å². The summed E-state index contributed by atoms with van der Waals surface area (Å²) in [6.45, 7) is 5.96. The number of nitrogens with one attached hydrogen (secondary N) is 1.